The Morgan fingerprint density at radius 2 is 1.89 bits per heavy atom. The first-order chi connectivity index (χ1) is 8.71. The molecule has 4 nitrogen and oxygen atoms in total. The van der Waals surface area contributed by atoms with Gasteiger partial charge in [-0.15, -0.1) is 0 Å². The van der Waals surface area contributed by atoms with Gasteiger partial charge in [-0.2, -0.15) is 0 Å². The third-order valence-corrected chi connectivity index (χ3v) is 5.09. The molecule has 1 saturated carbocycles. The van der Waals surface area contributed by atoms with E-state index in [9.17, 15) is 15.3 Å². The maximum Gasteiger partial charge on any atom is 0.209 e. The predicted molar refractivity (Wildman–Crippen MR) is 70.0 cm³/mol. The number of aliphatic hydroxyl groups is 2. The molecule has 4 heteroatoms. The molecule has 0 radical (unpaired) electrons. The van der Waals surface area contributed by atoms with Crippen molar-refractivity contribution in [3.8, 4) is 11.5 Å². The molecule has 104 valence electrons. The molecule has 1 fully saturated rings. The summed E-state index contributed by atoms with van der Waals surface area (Å²) in [7, 11) is 0. The fraction of sp³-hybridized carbons (Fsp3) is 0.600. The van der Waals surface area contributed by atoms with Gasteiger partial charge in [-0.3, -0.25) is 0 Å². The second kappa shape index (κ2) is 3.44. The summed E-state index contributed by atoms with van der Waals surface area (Å²) in [5.41, 5.74) is 0.959. The van der Waals surface area contributed by atoms with E-state index in [-0.39, 0.29) is 23.2 Å². The van der Waals surface area contributed by atoms with Crippen LogP contribution in [0.25, 0.3) is 0 Å². The van der Waals surface area contributed by atoms with Crippen molar-refractivity contribution in [2.24, 2.45) is 5.41 Å². The molecule has 1 heterocycles. The first-order valence-electron chi connectivity index (χ1n) is 6.59. The normalized spacial score (nSPS) is 34.8. The van der Waals surface area contributed by atoms with E-state index in [1.54, 1.807) is 12.1 Å². The molecular weight excluding hydrogens is 244 g/mol. The minimum Gasteiger partial charge on any atom is -0.508 e. The third kappa shape index (κ3) is 1.53. The van der Waals surface area contributed by atoms with E-state index in [1.807, 2.05) is 0 Å². The third-order valence-electron chi connectivity index (χ3n) is 5.09. The number of rotatable bonds is 1. The number of hydrogen-bond donors (Lipinski definition) is 3. The standard InChI is InChI=1S/C15H20O4/c1-13(2)7-15(18)8-14(13,3)10-5-11(17)9(6-16)4-12(10)19-15/h4-5,16-18H,6-8H2,1-3H3. The van der Waals surface area contributed by atoms with Crippen LogP contribution in [0.5, 0.6) is 11.5 Å². The number of aliphatic hydroxyl groups excluding tert-OH is 1. The Hall–Kier alpha value is -1.26. The highest BCUT2D eigenvalue weighted by molar-refractivity contribution is 5.52. The van der Waals surface area contributed by atoms with Crippen molar-refractivity contribution in [2.45, 2.75) is 51.4 Å². The second-order valence-corrected chi connectivity index (χ2v) is 6.75. The number of benzene rings is 1. The summed E-state index contributed by atoms with van der Waals surface area (Å²) in [6, 6.07) is 3.31. The molecule has 3 rings (SSSR count). The number of fused-ring (bicyclic) bond motifs is 4. The minimum atomic E-state index is -1.14. The average Bonchev–Trinajstić information content (AvgIpc) is 2.43. The van der Waals surface area contributed by atoms with Gasteiger partial charge in [0.2, 0.25) is 5.79 Å². The molecule has 2 aliphatic rings. The molecule has 0 aromatic heterocycles. The quantitative estimate of drug-likeness (QED) is 0.726. The Morgan fingerprint density at radius 1 is 1.21 bits per heavy atom. The van der Waals surface area contributed by atoms with E-state index in [2.05, 4.69) is 20.8 Å². The SMILES string of the molecule is CC1(C)CC2(O)CC1(C)c1cc(O)c(CO)cc1O2. The molecule has 19 heavy (non-hydrogen) atoms. The van der Waals surface area contributed by atoms with Crippen molar-refractivity contribution in [3.05, 3.63) is 23.3 Å². The van der Waals surface area contributed by atoms with E-state index >= 15 is 0 Å². The number of aromatic hydroxyl groups is 1. The van der Waals surface area contributed by atoms with E-state index < -0.39 is 5.79 Å². The van der Waals surface area contributed by atoms with Gasteiger partial charge >= 0.3 is 0 Å². The summed E-state index contributed by atoms with van der Waals surface area (Å²) in [6.45, 7) is 6.08. The van der Waals surface area contributed by atoms with Crippen LogP contribution < -0.4 is 4.74 Å². The highest BCUT2D eigenvalue weighted by Gasteiger charge is 2.62. The first kappa shape index (κ1) is 12.8. The molecule has 2 unspecified atom stereocenters. The van der Waals surface area contributed by atoms with Gasteiger partial charge in [0.15, 0.2) is 0 Å². The van der Waals surface area contributed by atoms with Gasteiger partial charge in [-0.1, -0.05) is 20.8 Å². The Morgan fingerprint density at radius 3 is 2.53 bits per heavy atom. The van der Waals surface area contributed by atoms with E-state index in [0.717, 1.165) is 5.56 Å². The smallest absolute Gasteiger partial charge is 0.209 e. The van der Waals surface area contributed by atoms with Crippen LogP contribution in [0.3, 0.4) is 0 Å². The van der Waals surface area contributed by atoms with Gasteiger partial charge in [0.05, 0.1) is 6.61 Å². The molecule has 1 aromatic carbocycles. The Labute approximate surface area is 112 Å². The molecule has 1 aliphatic heterocycles. The van der Waals surface area contributed by atoms with Crippen LogP contribution in [-0.4, -0.2) is 21.1 Å². The van der Waals surface area contributed by atoms with Crippen LogP contribution in [-0.2, 0) is 12.0 Å². The molecule has 2 atom stereocenters. The maximum absolute atomic E-state index is 10.6. The number of ether oxygens (including phenoxy) is 1. The molecule has 3 N–H and O–H groups in total. The fourth-order valence-electron chi connectivity index (χ4n) is 3.73. The largest absolute Gasteiger partial charge is 0.508 e. The summed E-state index contributed by atoms with van der Waals surface area (Å²) in [5.74, 6) is -0.488. The molecule has 1 aliphatic carbocycles. The molecule has 1 aromatic rings. The molecule has 0 amide bonds. The van der Waals surface area contributed by atoms with Crippen molar-refractivity contribution >= 4 is 0 Å². The van der Waals surface area contributed by atoms with E-state index in [1.165, 1.54) is 0 Å². The van der Waals surface area contributed by atoms with E-state index in [0.29, 0.717) is 24.2 Å². The fourth-order valence-corrected chi connectivity index (χ4v) is 3.73. The lowest BCUT2D eigenvalue weighted by Gasteiger charge is -2.41. The monoisotopic (exact) mass is 264 g/mol. The van der Waals surface area contributed by atoms with Gasteiger partial charge in [-0.05, 0) is 17.5 Å². The highest BCUT2D eigenvalue weighted by atomic mass is 16.6. The van der Waals surface area contributed by atoms with Gasteiger partial charge in [-0.25, -0.2) is 0 Å². The van der Waals surface area contributed by atoms with Gasteiger partial charge in [0, 0.05) is 29.4 Å². The van der Waals surface area contributed by atoms with Crippen molar-refractivity contribution < 1.29 is 20.1 Å². The topological polar surface area (TPSA) is 69.9 Å². The van der Waals surface area contributed by atoms with Crippen LogP contribution in [0.1, 0.15) is 44.7 Å². The van der Waals surface area contributed by atoms with Crippen LogP contribution in [0, 0.1) is 5.41 Å². The molecule has 0 saturated heterocycles. The summed E-state index contributed by atoms with van der Waals surface area (Å²) in [6.07, 6.45) is 1.08. The zero-order valence-corrected chi connectivity index (χ0v) is 11.5. The summed E-state index contributed by atoms with van der Waals surface area (Å²) in [5, 5.41) is 29.7. The first-order valence-corrected chi connectivity index (χ1v) is 6.59. The summed E-state index contributed by atoms with van der Waals surface area (Å²) in [4.78, 5) is 0. The Kier molecular flexibility index (Phi) is 2.31. The highest BCUT2D eigenvalue weighted by Crippen LogP contribution is 2.63. The lowest BCUT2D eigenvalue weighted by atomic mass is 9.65. The van der Waals surface area contributed by atoms with E-state index in [4.69, 9.17) is 4.74 Å². The minimum absolute atomic E-state index is 0.0826. The van der Waals surface area contributed by atoms with Gasteiger partial charge in [0.1, 0.15) is 11.5 Å². The number of phenols is 1. The average molecular weight is 264 g/mol. The Bertz CT molecular complexity index is 551. The Balaban J connectivity index is 2.24. The second-order valence-electron chi connectivity index (χ2n) is 6.75. The summed E-state index contributed by atoms with van der Waals surface area (Å²) >= 11 is 0. The molecule has 2 bridgehead atoms. The lowest BCUT2D eigenvalue weighted by molar-refractivity contribution is -0.142. The van der Waals surface area contributed by atoms with Crippen molar-refractivity contribution in [2.75, 3.05) is 0 Å². The lowest BCUT2D eigenvalue weighted by Crippen LogP contribution is -2.40. The van der Waals surface area contributed by atoms with Crippen molar-refractivity contribution in [3.63, 3.8) is 0 Å². The van der Waals surface area contributed by atoms with Crippen LogP contribution in [0.15, 0.2) is 12.1 Å². The van der Waals surface area contributed by atoms with Crippen molar-refractivity contribution in [1.82, 2.24) is 0 Å². The van der Waals surface area contributed by atoms with Crippen LogP contribution >= 0.6 is 0 Å². The zero-order chi connectivity index (χ0) is 14.1. The predicted octanol–water partition coefficient (Wildman–Crippen LogP) is 2.04. The van der Waals surface area contributed by atoms with Crippen LogP contribution in [0.4, 0.5) is 0 Å². The summed E-state index contributed by atoms with van der Waals surface area (Å²) < 4.78 is 5.74. The zero-order valence-electron chi connectivity index (χ0n) is 11.5. The van der Waals surface area contributed by atoms with Gasteiger partial charge < -0.3 is 20.1 Å². The van der Waals surface area contributed by atoms with Gasteiger partial charge in [0.25, 0.3) is 0 Å². The molecule has 0 spiro atoms. The molecular formula is C15H20O4. The number of hydrogen-bond acceptors (Lipinski definition) is 4. The van der Waals surface area contributed by atoms with Crippen LogP contribution in [0.2, 0.25) is 0 Å². The maximum atomic E-state index is 10.6. The van der Waals surface area contributed by atoms with Crippen molar-refractivity contribution in [1.29, 1.82) is 0 Å².